The van der Waals surface area contributed by atoms with Crippen LogP contribution in [0.15, 0.2) is 24.3 Å². The predicted octanol–water partition coefficient (Wildman–Crippen LogP) is 4.60. The van der Waals surface area contributed by atoms with E-state index in [9.17, 15) is 0 Å². The first kappa shape index (κ1) is 13.4. The number of hydrogen-bond donors (Lipinski definition) is 0. The summed E-state index contributed by atoms with van der Waals surface area (Å²) in [5, 5.41) is 0.228. The Labute approximate surface area is 104 Å². The van der Waals surface area contributed by atoms with E-state index < -0.39 is 0 Å². The van der Waals surface area contributed by atoms with Crippen molar-refractivity contribution in [1.29, 1.82) is 0 Å². The quantitative estimate of drug-likeness (QED) is 0.661. The van der Waals surface area contributed by atoms with Crippen molar-refractivity contribution in [2.45, 2.75) is 44.9 Å². The maximum Gasteiger partial charge on any atom is 0.119 e. The normalized spacial score (nSPS) is 14.5. The van der Waals surface area contributed by atoms with E-state index >= 15 is 0 Å². The molecule has 90 valence electrons. The van der Waals surface area contributed by atoms with Crippen LogP contribution in [0.5, 0.6) is 5.75 Å². The molecule has 2 heteroatoms. The number of alkyl halides is 1. The Morgan fingerprint density at radius 1 is 1.19 bits per heavy atom. The van der Waals surface area contributed by atoms with Crippen molar-refractivity contribution in [2.75, 3.05) is 6.61 Å². The van der Waals surface area contributed by atoms with Crippen LogP contribution in [0.25, 0.3) is 0 Å². The third-order valence-corrected chi connectivity index (χ3v) is 2.78. The van der Waals surface area contributed by atoms with Gasteiger partial charge < -0.3 is 4.74 Å². The highest BCUT2D eigenvalue weighted by Gasteiger charge is 2.08. The molecule has 0 bridgehead atoms. The van der Waals surface area contributed by atoms with Crippen LogP contribution < -0.4 is 4.74 Å². The number of benzene rings is 1. The summed E-state index contributed by atoms with van der Waals surface area (Å²) in [6.07, 6.45) is 2.05. The largest absolute Gasteiger partial charge is 0.494 e. The van der Waals surface area contributed by atoms with Gasteiger partial charge in [-0.2, -0.15) is 0 Å². The first-order valence-electron chi connectivity index (χ1n) is 6.00. The van der Waals surface area contributed by atoms with Crippen LogP contribution in [0.3, 0.4) is 0 Å². The molecule has 0 fully saturated rings. The smallest absolute Gasteiger partial charge is 0.119 e. The van der Waals surface area contributed by atoms with Gasteiger partial charge in [-0.05, 0) is 43.4 Å². The summed E-state index contributed by atoms with van der Waals surface area (Å²) in [5.74, 6) is 1.46. The molecule has 0 aliphatic carbocycles. The minimum Gasteiger partial charge on any atom is -0.494 e. The average molecular weight is 241 g/mol. The lowest BCUT2D eigenvalue weighted by molar-refractivity contribution is 0.317. The lowest BCUT2D eigenvalue weighted by Gasteiger charge is -2.14. The molecule has 0 saturated heterocycles. The van der Waals surface area contributed by atoms with Crippen LogP contribution in [-0.2, 0) is 0 Å². The average Bonchev–Trinajstić information content (AvgIpc) is 2.26. The van der Waals surface area contributed by atoms with Crippen LogP contribution in [0.1, 0.15) is 45.1 Å². The highest BCUT2D eigenvalue weighted by atomic mass is 35.5. The molecule has 0 saturated carbocycles. The lowest BCUT2D eigenvalue weighted by atomic mass is 9.96. The summed E-state index contributed by atoms with van der Waals surface area (Å²) >= 11 is 6.00. The molecule has 0 aliphatic rings. The first-order valence-corrected chi connectivity index (χ1v) is 6.44. The van der Waals surface area contributed by atoms with Crippen molar-refractivity contribution in [3.05, 3.63) is 29.8 Å². The SMILES string of the molecule is CCCOc1ccc(C(C)CC(C)Cl)cc1. The van der Waals surface area contributed by atoms with Crippen molar-refractivity contribution in [3.8, 4) is 5.75 Å². The Hall–Kier alpha value is -0.690. The topological polar surface area (TPSA) is 9.23 Å². The van der Waals surface area contributed by atoms with Crippen LogP contribution >= 0.6 is 11.6 Å². The Balaban J connectivity index is 2.56. The van der Waals surface area contributed by atoms with E-state index in [-0.39, 0.29) is 5.38 Å². The lowest BCUT2D eigenvalue weighted by Crippen LogP contribution is -2.01. The van der Waals surface area contributed by atoms with Gasteiger partial charge in [0.15, 0.2) is 0 Å². The molecule has 2 atom stereocenters. The fourth-order valence-corrected chi connectivity index (χ4v) is 2.00. The zero-order chi connectivity index (χ0) is 12.0. The minimum absolute atomic E-state index is 0.228. The molecular formula is C14H21ClO. The summed E-state index contributed by atoms with van der Waals surface area (Å²) in [7, 11) is 0. The van der Waals surface area contributed by atoms with Crippen molar-refractivity contribution in [3.63, 3.8) is 0 Å². The number of rotatable bonds is 6. The van der Waals surface area contributed by atoms with Gasteiger partial charge in [-0.25, -0.2) is 0 Å². The van der Waals surface area contributed by atoms with Crippen molar-refractivity contribution in [2.24, 2.45) is 0 Å². The fraction of sp³-hybridized carbons (Fsp3) is 0.571. The van der Waals surface area contributed by atoms with E-state index in [0.29, 0.717) is 5.92 Å². The molecule has 0 radical (unpaired) electrons. The van der Waals surface area contributed by atoms with Gasteiger partial charge in [-0.3, -0.25) is 0 Å². The van der Waals surface area contributed by atoms with Crippen molar-refractivity contribution < 1.29 is 4.74 Å². The Bertz CT molecular complexity index is 292. The molecule has 1 rings (SSSR count). The van der Waals surface area contributed by atoms with Crippen LogP contribution in [0.4, 0.5) is 0 Å². The number of ether oxygens (including phenoxy) is 1. The van der Waals surface area contributed by atoms with Crippen molar-refractivity contribution >= 4 is 11.6 Å². The molecule has 16 heavy (non-hydrogen) atoms. The van der Waals surface area contributed by atoms with Crippen LogP contribution in [-0.4, -0.2) is 12.0 Å². The monoisotopic (exact) mass is 240 g/mol. The van der Waals surface area contributed by atoms with E-state index in [1.807, 2.05) is 19.1 Å². The third kappa shape index (κ3) is 4.44. The Morgan fingerprint density at radius 2 is 1.81 bits per heavy atom. The van der Waals surface area contributed by atoms with Gasteiger partial charge in [0, 0.05) is 5.38 Å². The first-order chi connectivity index (χ1) is 7.63. The van der Waals surface area contributed by atoms with E-state index in [1.165, 1.54) is 5.56 Å². The van der Waals surface area contributed by atoms with Crippen LogP contribution in [0.2, 0.25) is 0 Å². The number of hydrogen-bond acceptors (Lipinski definition) is 1. The molecule has 0 amide bonds. The zero-order valence-corrected chi connectivity index (χ0v) is 11.1. The van der Waals surface area contributed by atoms with Gasteiger partial charge >= 0.3 is 0 Å². The second kappa shape index (κ2) is 6.80. The highest BCUT2D eigenvalue weighted by Crippen LogP contribution is 2.24. The van der Waals surface area contributed by atoms with Gasteiger partial charge in [-0.15, -0.1) is 11.6 Å². The molecule has 1 nitrogen and oxygen atoms in total. The molecule has 0 N–H and O–H groups in total. The molecule has 0 aromatic heterocycles. The molecule has 0 spiro atoms. The molecule has 0 heterocycles. The molecule has 2 unspecified atom stereocenters. The second-order valence-corrected chi connectivity index (χ2v) is 5.08. The zero-order valence-electron chi connectivity index (χ0n) is 10.4. The van der Waals surface area contributed by atoms with E-state index in [2.05, 4.69) is 26.0 Å². The maximum atomic E-state index is 6.00. The van der Waals surface area contributed by atoms with E-state index in [4.69, 9.17) is 16.3 Å². The van der Waals surface area contributed by atoms with Gasteiger partial charge in [0.25, 0.3) is 0 Å². The summed E-state index contributed by atoms with van der Waals surface area (Å²) in [6, 6.07) is 8.35. The van der Waals surface area contributed by atoms with Gasteiger partial charge in [0.1, 0.15) is 5.75 Å². The predicted molar refractivity (Wildman–Crippen MR) is 70.6 cm³/mol. The number of halogens is 1. The Morgan fingerprint density at radius 3 is 2.31 bits per heavy atom. The summed E-state index contributed by atoms with van der Waals surface area (Å²) < 4.78 is 5.54. The fourth-order valence-electron chi connectivity index (χ4n) is 1.74. The third-order valence-electron chi connectivity index (χ3n) is 2.60. The van der Waals surface area contributed by atoms with E-state index in [1.54, 1.807) is 0 Å². The Kier molecular flexibility index (Phi) is 5.68. The molecule has 1 aromatic carbocycles. The molecular weight excluding hydrogens is 220 g/mol. The maximum absolute atomic E-state index is 6.00. The van der Waals surface area contributed by atoms with Gasteiger partial charge in [0.05, 0.1) is 6.61 Å². The van der Waals surface area contributed by atoms with Gasteiger partial charge in [0.2, 0.25) is 0 Å². The highest BCUT2D eigenvalue weighted by molar-refractivity contribution is 6.20. The molecule has 0 aliphatic heterocycles. The second-order valence-electron chi connectivity index (χ2n) is 4.34. The summed E-state index contributed by atoms with van der Waals surface area (Å²) in [4.78, 5) is 0. The van der Waals surface area contributed by atoms with Crippen LogP contribution in [0, 0.1) is 0 Å². The summed E-state index contributed by atoms with van der Waals surface area (Å²) in [6.45, 7) is 7.14. The van der Waals surface area contributed by atoms with Gasteiger partial charge in [-0.1, -0.05) is 26.0 Å². The minimum atomic E-state index is 0.228. The van der Waals surface area contributed by atoms with Crippen molar-refractivity contribution in [1.82, 2.24) is 0 Å². The standard InChI is InChI=1S/C14H21ClO/c1-4-9-16-14-7-5-13(6-8-14)11(2)10-12(3)15/h5-8,11-12H,4,9-10H2,1-3H3. The summed E-state index contributed by atoms with van der Waals surface area (Å²) in [5.41, 5.74) is 1.33. The van der Waals surface area contributed by atoms with E-state index in [0.717, 1.165) is 25.2 Å². The molecule has 1 aromatic rings.